The van der Waals surface area contributed by atoms with Gasteiger partial charge in [-0.15, -0.1) is 0 Å². The summed E-state index contributed by atoms with van der Waals surface area (Å²) in [5.74, 6) is 0.787. The van der Waals surface area contributed by atoms with Crippen LogP contribution in [0.2, 0.25) is 0 Å². The molecule has 1 aliphatic heterocycles. The molecule has 0 aliphatic carbocycles. The fourth-order valence-corrected chi connectivity index (χ4v) is 4.38. The second-order valence-corrected chi connectivity index (χ2v) is 8.06. The summed E-state index contributed by atoms with van der Waals surface area (Å²) < 4.78 is 36.4. The molecule has 3 aromatic rings. The Kier molecular flexibility index (Phi) is 4.23. The van der Waals surface area contributed by atoms with Crippen molar-refractivity contribution in [2.75, 3.05) is 12.9 Å². The Labute approximate surface area is 155 Å². The monoisotopic (exact) mass is 387 g/mol. The third-order valence-corrected chi connectivity index (χ3v) is 5.96. The normalized spacial score (nSPS) is 14.7. The third-order valence-electron chi connectivity index (χ3n) is 4.38. The number of carbonyl (C=O) groups is 1. The van der Waals surface area contributed by atoms with E-state index in [1.807, 2.05) is 0 Å². The first-order valence-corrected chi connectivity index (χ1v) is 9.93. The molecule has 27 heavy (non-hydrogen) atoms. The Hall–Kier alpha value is -3.07. The maximum atomic E-state index is 12.9. The summed E-state index contributed by atoms with van der Waals surface area (Å²) in [5.41, 5.74) is 1.19. The number of aromatic nitrogens is 2. The van der Waals surface area contributed by atoms with Crippen LogP contribution < -0.4 is 10.1 Å². The van der Waals surface area contributed by atoms with Crippen LogP contribution in [0.15, 0.2) is 52.2 Å². The zero-order valence-corrected chi connectivity index (χ0v) is 15.3. The van der Waals surface area contributed by atoms with E-state index in [-0.39, 0.29) is 29.7 Å². The molecule has 0 radical (unpaired) electrons. The first-order chi connectivity index (χ1) is 13.0. The number of fused-ring (bicyclic) bond motifs is 1. The van der Waals surface area contributed by atoms with E-state index in [1.54, 1.807) is 43.5 Å². The minimum absolute atomic E-state index is 0.0588. The lowest BCUT2D eigenvalue weighted by atomic mass is 10.1. The summed E-state index contributed by atoms with van der Waals surface area (Å²) in [6.07, 6.45) is 1.52. The number of amides is 1. The highest BCUT2D eigenvalue weighted by molar-refractivity contribution is 7.91. The van der Waals surface area contributed by atoms with Crippen LogP contribution in [-0.2, 0) is 22.9 Å². The topological polar surface area (TPSA) is 103 Å². The number of rotatable bonds is 5. The number of hydrogen-bond acceptors (Lipinski definition) is 6. The van der Waals surface area contributed by atoms with Gasteiger partial charge in [-0.25, -0.2) is 13.4 Å². The predicted octanol–water partition coefficient (Wildman–Crippen LogP) is 1.87. The molecule has 0 atom stereocenters. The van der Waals surface area contributed by atoms with Gasteiger partial charge in [0.1, 0.15) is 22.9 Å². The van der Waals surface area contributed by atoms with E-state index in [4.69, 9.17) is 9.15 Å². The number of ether oxygens (including phenoxy) is 1. The third kappa shape index (κ3) is 3.10. The largest absolute Gasteiger partial charge is 0.497 e. The average molecular weight is 387 g/mol. The molecule has 1 aliphatic rings. The summed E-state index contributed by atoms with van der Waals surface area (Å²) in [4.78, 5) is 17.1. The minimum Gasteiger partial charge on any atom is -0.497 e. The fraction of sp³-hybridized carbons (Fsp3) is 0.222. The highest BCUT2D eigenvalue weighted by atomic mass is 32.2. The van der Waals surface area contributed by atoms with E-state index in [2.05, 4.69) is 10.3 Å². The summed E-state index contributed by atoms with van der Waals surface area (Å²) in [5, 5.41) is 2.69. The lowest BCUT2D eigenvalue weighted by Crippen LogP contribution is -2.25. The molecular formula is C18H17N3O5S. The molecule has 1 amide bonds. The first-order valence-electron chi connectivity index (χ1n) is 8.28. The molecule has 0 unspecified atom stereocenters. The van der Waals surface area contributed by atoms with Gasteiger partial charge in [0.15, 0.2) is 0 Å². The Morgan fingerprint density at radius 1 is 1.30 bits per heavy atom. The summed E-state index contributed by atoms with van der Waals surface area (Å²) in [6.45, 7) is 0.394. The van der Waals surface area contributed by atoms with Crippen LogP contribution in [0, 0.1) is 0 Å². The number of carbonyl (C=O) groups excluding carboxylic acids is 1. The smallest absolute Gasteiger partial charge is 0.270 e. The van der Waals surface area contributed by atoms with E-state index >= 15 is 0 Å². The molecule has 2 aromatic heterocycles. The number of methoxy groups -OCH3 is 1. The molecule has 0 saturated heterocycles. The van der Waals surface area contributed by atoms with Crippen LogP contribution in [0.4, 0.5) is 0 Å². The van der Waals surface area contributed by atoms with Crippen molar-refractivity contribution < 1.29 is 22.4 Å². The van der Waals surface area contributed by atoms with Gasteiger partial charge in [-0.05, 0) is 36.4 Å². The Bertz CT molecular complexity index is 1080. The zero-order valence-electron chi connectivity index (χ0n) is 14.5. The van der Waals surface area contributed by atoms with E-state index in [0.717, 1.165) is 0 Å². The molecule has 0 spiro atoms. The molecule has 1 aromatic carbocycles. The number of benzene rings is 1. The standard InChI is InChI=1S/C18H17N3O5S/c1-25-13-6-4-12(5-7-13)15-16(17(22)19-11-14-3-2-9-26-14)21-8-10-27(23,24)18(21)20-15/h2-7,9H,8,10-11H2,1H3,(H,19,22). The quantitative estimate of drug-likeness (QED) is 0.717. The van der Waals surface area contributed by atoms with Crippen LogP contribution in [0.1, 0.15) is 16.2 Å². The van der Waals surface area contributed by atoms with Crippen molar-refractivity contribution in [1.29, 1.82) is 0 Å². The van der Waals surface area contributed by atoms with Crippen LogP contribution >= 0.6 is 0 Å². The van der Waals surface area contributed by atoms with Crippen LogP contribution in [0.5, 0.6) is 5.75 Å². The minimum atomic E-state index is -3.49. The summed E-state index contributed by atoms with van der Waals surface area (Å²) in [7, 11) is -1.94. The molecule has 9 heteroatoms. The number of furan rings is 1. The van der Waals surface area contributed by atoms with Gasteiger partial charge in [-0.1, -0.05) is 0 Å². The number of imidazole rings is 1. The highest BCUT2D eigenvalue weighted by Gasteiger charge is 2.35. The number of sulfone groups is 1. The summed E-state index contributed by atoms with van der Waals surface area (Å²) in [6, 6.07) is 10.4. The fourth-order valence-electron chi connectivity index (χ4n) is 3.02. The van der Waals surface area contributed by atoms with E-state index in [1.165, 1.54) is 10.8 Å². The number of nitrogens with one attached hydrogen (secondary N) is 1. The molecule has 0 saturated carbocycles. The molecule has 3 heterocycles. The van der Waals surface area contributed by atoms with Crippen molar-refractivity contribution >= 4 is 15.7 Å². The lowest BCUT2D eigenvalue weighted by Gasteiger charge is -2.08. The van der Waals surface area contributed by atoms with Gasteiger partial charge >= 0.3 is 0 Å². The first kappa shape index (κ1) is 17.3. The van der Waals surface area contributed by atoms with Crippen molar-refractivity contribution in [3.8, 4) is 17.0 Å². The average Bonchev–Trinajstić information content (AvgIpc) is 3.37. The maximum absolute atomic E-state index is 12.9. The SMILES string of the molecule is COc1ccc(-c2nc3n(c2C(=O)NCc2ccco2)CCS3(=O)=O)cc1. The summed E-state index contributed by atoms with van der Waals surface area (Å²) >= 11 is 0. The van der Waals surface area contributed by atoms with Gasteiger partial charge in [0.05, 0.1) is 25.7 Å². The van der Waals surface area contributed by atoms with Crippen molar-refractivity contribution in [3.63, 3.8) is 0 Å². The van der Waals surface area contributed by atoms with Gasteiger partial charge in [-0.2, -0.15) is 0 Å². The molecule has 140 valence electrons. The molecule has 8 nitrogen and oxygen atoms in total. The molecule has 0 bridgehead atoms. The highest BCUT2D eigenvalue weighted by Crippen LogP contribution is 2.31. The maximum Gasteiger partial charge on any atom is 0.270 e. The van der Waals surface area contributed by atoms with Gasteiger partial charge in [0.2, 0.25) is 15.0 Å². The predicted molar refractivity (Wildman–Crippen MR) is 96.1 cm³/mol. The Morgan fingerprint density at radius 3 is 2.74 bits per heavy atom. The van der Waals surface area contributed by atoms with E-state index in [0.29, 0.717) is 22.8 Å². The Morgan fingerprint density at radius 2 is 2.07 bits per heavy atom. The van der Waals surface area contributed by atoms with Crippen molar-refractivity contribution in [3.05, 3.63) is 54.1 Å². The van der Waals surface area contributed by atoms with Gasteiger partial charge in [0, 0.05) is 12.1 Å². The van der Waals surface area contributed by atoms with E-state index < -0.39 is 15.7 Å². The van der Waals surface area contributed by atoms with Crippen molar-refractivity contribution in [2.45, 2.75) is 18.2 Å². The lowest BCUT2D eigenvalue weighted by molar-refractivity contribution is 0.0939. The van der Waals surface area contributed by atoms with Gasteiger partial charge in [-0.3, -0.25) is 4.79 Å². The molecular weight excluding hydrogens is 370 g/mol. The van der Waals surface area contributed by atoms with Crippen LogP contribution in [-0.4, -0.2) is 36.7 Å². The van der Waals surface area contributed by atoms with Gasteiger partial charge in [0.25, 0.3) is 5.91 Å². The van der Waals surface area contributed by atoms with Crippen molar-refractivity contribution in [1.82, 2.24) is 14.9 Å². The second kappa shape index (κ2) is 6.58. The number of nitrogens with zero attached hydrogens (tertiary/aromatic N) is 2. The van der Waals surface area contributed by atoms with Crippen molar-refractivity contribution in [2.24, 2.45) is 0 Å². The van der Waals surface area contributed by atoms with E-state index in [9.17, 15) is 13.2 Å². The Balaban J connectivity index is 1.75. The second-order valence-electron chi connectivity index (χ2n) is 6.05. The molecule has 4 rings (SSSR count). The molecule has 0 fully saturated rings. The van der Waals surface area contributed by atoms with Gasteiger partial charge < -0.3 is 19.0 Å². The number of hydrogen-bond donors (Lipinski definition) is 1. The van der Waals surface area contributed by atoms with Crippen LogP contribution in [0.3, 0.4) is 0 Å². The zero-order chi connectivity index (χ0) is 19.0. The molecule has 1 N–H and O–H groups in total. The van der Waals surface area contributed by atoms with Crippen LogP contribution in [0.25, 0.3) is 11.3 Å².